The molecule has 4 nitrogen and oxygen atoms in total. The van der Waals surface area contributed by atoms with E-state index in [4.69, 9.17) is 4.74 Å². The van der Waals surface area contributed by atoms with Crippen LogP contribution in [-0.2, 0) is 16.0 Å². The molecule has 1 unspecified atom stereocenters. The fraction of sp³-hybridized carbons (Fsp3) is 0.375. The molecule has 1 heterocycles. The van der Waals surface area contributed by atoms with Crippen molar-refractivity contribution >= 4 is 6.47 Å². The average Bonchev–Trinajstić information content (AvgIpc) is 2.06. The van der Waals surface area contributed by atoms with Crippen molar-refractivity contribution < 1.29 is 9.53 Å². The zero-order valence-electron chi connectivity index (χ0n) is 6.80. The smallest absolute Gasteiger partial charge is 0.293 e. The van der Waals surface area contributed by atoms with Crippen molar-refractivity contribution in [3.8, 4) is 0 Å². The Morgan fingerprint density at radius 1 is 1.67 bits per heavy atom. The minimum atomic E-state index is -0.140. The molecule has 0 aliphatic rings. The van der Waals surface area contributed by atoms with Crippen LogP contribution >= 0.6 is 0 Å². The van der Waals surface area contributed by atoms with Crippen LogP contribution in [0.1, 0.15) is 12.6 Å². The highest BCUT2D eigenvalue weighted by Gasteiger charge is 2.03. The lowest BCUT2D eigenvalue weighted by atomic mass is 10.2. The van der Waals surface area contributed by atoms with Crippen LogP contribution in [-0.4, -0.2) is 22.5 Å². The Hall–Kier alpha value is -1.45. The van der Waals surface area contributed by atoms with Gasteiger partial charge in [0.15, 0.2) is 0 Å². The molecule has 0 saturated heterocycles. The third kappa shape index (κ3) is 2.65. The van der Waals surface area contributed by atoms with E-state index in [1.807, 2.05) is 6.92 Å². The molecule has 12 heavy (non-hydrogen) atoms. The zero-order valence-corrected chi connectivity index (χ0v) is 6.80. The van der Waals surface area contributed by atoms with Crippen molar-refractivity contribution in [2.24, 2.45) is 0 Å². The van der Waals surface area contributed by atoms with Crippen molar-refractivity contribution in [2.45, 2.75) is 19.4 Å². The summed E-state index contributed by atoms with van der Waals surface area (Å²) in [7, 11) is 0. The molecule has 1 aromatic heterocycles. The number of nitrogens with zero attached hydrogens (tertiary/aromatic N) is 2. The number of hydrogen-bond donors (Lipinski definition) is 0. The minimum absolute atomic E-state index is 0.140. The van der Waals surface area contributed by atoms with Gasteiger partial charge in [0.2, 0.25) is 0 Å². The molecule has 0 N–H and O–H groups in total. The highest BCUT2D eigenvalue weighted by atomic mass is 16.5. The Morgan fingerprint density at radius 2 is 2.50 bits per heavy atom. The SMILES string of the molecule is CC(Cc1cnccn1)OC=O. The molecule has 0 aliphatic heterocycles. The molecule has 64 valence electrons. The van der Waals surface area contributed by atoms with Crippen LogP contribution in [0.3, 0.4) is 0 Å². The van der Waals surface area contributed by atoms with Gasteiger partial charge in [-0.2, -0.15) is 0 Å². The molecule has 4 heteroatoms. The first-order valence-electron chi connectivity index (χ1n) is 3.67. The highest BCUT2D eigenvalue weighted by molar-refractivity contribution is 5.37. The number of aromatic nitrogens is 2. The summed E-state index contributed by atoms with van der Waals surface area (Å²) in [5.74, 6) is 0. The number of rotatable bonds is 4. The van der Waals surface area contributed by atoms with Crippen LogP contribution in [0, 0.1) is 0 Å². The second-order valence-electron chi connectivity index (χ2n) is 2.44. The third-order valence-electron chi connectivity index (χ3n) is 1.40. The summed E-state index contributed by atoms with van der Waals surface area (Å²) < 4.78 is 4.70. The van der Waals surface area contributed by atoms with Gasteiger partial charge in [-0.05, 0) is 6.92 Å². The number of carbonyl (C=O) groups excluding carboxylic acids is 1. The summed E-state index contributed by atoms with van der Waals surface area (Å²) in [4.78, 5) is 17.9. The molecule has 0 bridgehead atoms. The van der Waals surface area contributed by atoms with Gasteiger partial charge in [0, 0.05) is 25.0 Å². The molecule has 0 amide bonds. The third-order valence-corrected chi connectivity index (χ3v) is 1.40. The Morgan fingerprint density at radius 3 is 3.08 bits per heavy atom. The average molecular weight is 166 g/mol. The first-order valence-corrected chi connectivity index (χ1v) is 3.67. The maximum Gasteiger partial charge on any atom is 0.293 e. The van der Waals surface area contributed by atoms with E-state index in [1.54, 1.807) is 18.6 Å². The maximum atomic E-state index is 9.95. The molecule has 0 radical (unpaired) electrons. The van der Waals surface area contributed by atoms with Crippen molar-refractivity contribution in [1.82, 2.24) is 9.97 Å². The monoisotopic (exact) mass is 166 g/mol. The molecule has 0 aliphatic carbocycles. The van der Waals surface area contributed by atoms with E-state index in [2.05, 4.69) is 9.97 Å². The molecule has 1 atom stereocenters. The lowest BCUT2D eigenvalue weighted by Gasteiger charge is -2.07. The molecule has 0 saturated carbocycles. The molecular formula is C8H10N2O2. The first-order chi connectivity index (χ1) is 5.83. The molecule has 0 spiro atoms. The Labute approximate surface area is 70.6 Å². The first kappa shape index (κ1) is 8.64. The lowest BCUT2D eigenvalue weighted by Crippen LogP contribution is -2.11. The van der Waals surface area contributed by atoms with E-state index in [9.17, 15) is 4.79 Å². The van der Waals surface area contributed by atoms with Crippen molar-refractivity contribution in [1.29, 1.82) is 0 Å². The molecule has 0 aromatic carbocycles. The van der Waals surface area contributed by atoms with Crippen LogP contribution in [0.2, 0.25) is 0 Å². The van der Waals surface area contributed by atoms with Crippen molar-refractivity contribution in [3.05, 3.63) is 24.3 Å². The number of hydrogen-bond acceptors (Lipinski definition) is 4. The van der Waals surface area contributed by atoms with E-state index in [1.165, 1.54) is 0 Å². The number of carbonyl (C=O) groups is 1. The summed E-state index contributed by atoms with van der Waals surface area (Å²) >= 11 is 0. The quantitative estimate of drug-likeness (QED) is 0.614. The van der Waals surface area contributed by atoms with Crippen LogP contribution < -0.4 is 0 Å². The largest absolute Gasteiger partial charge is 0.464 e. The molecular weight excluding hydrogens is 156 g/mol. The van der Waals surface area contributed by atoms with Crippen LogP contribution in [0.25, 0.3) is 0 Å². The van der Waals surface area contributed by atoms with Crippen molar-refractivity contribution in [2.75, 3.05) is 0 Å². The minimum Gasteiger partial charge on any atom is -0.464 e. The summed E-state index contributed by atoms with van der Waals surface area (Å²) in [6.45, 7) is 2.25. The van der Waals surface area contributed by atoms with Gasteiger partial charge in [0.1, 0.15) is 6.10 Å². The Balaban J connectivity index is 2.46. The normalized spacial score (nSPS) is 12.1. The Kier molecular flexibility index (Phi) is 3.19. The second kappa shape index (κ2) is 4.43. The summed E-state index contributed by atoms with van der Waals surface area (Å²) in [6.07, 6.45) is 5.34. The standard InChI is InChI=1S/C8H10N2O2/c1-7(12-6-11)4-8-5-9-2-3-10-8/h2-3,5-7H,4H2,1H3. The summed E-state index contributed by atoms with van der Waals surface area (Å²) in [6, 6.07) is 0. The van der Waals surface area contributed by atoms with Gasteiger partial charge in [-0.1, -0.05) is 0 Å². The van der Waals surface area contributed by atoms with E-state index >= 15 is 0 Å². The van der Waals surface area contributed by atoms with E-state index < -0.39 is 0 Å². The van der Waals surface area contributed by atoms with Gasteiger partial charge in [-0.15, -0.1) is 0 Å². The van der Waals surface area contributed by atoms with Gasteiger partial charge >= 0.3 is 0 Å². The summed E-state index contributed by atoms with van der Waals surface area (Å²) in [5, 5.41) is 0. The van der Waals surface area contributed by atoms with Gasteiger partial charge < -0.3 is 4.74 Å². The molecule has 1 rings (SSSR count). The topological polar surface area (TPSA) is 52.1 Å². The number of ether oxygens (including phenoxy) is 1. The molecule has 1 aromatic rings. The second-order valence-corrected chi connectivity index (χ2v) is 2.44. The van der Waals surface area contributed by atoms with Crippen LogP contribution in [0.15, 0.2) is 18.6 Å². The predicted octanol–water partition coefficient (Wildman–Crippen LogP) is 0.581. The zero-order chi connectivity index (χ0) is 8.81. The van der Waals surface area contributed by atoms with Crippen LogP contribution in [0.4, 0.5) is 0 Å². The fourth-order valence-electron chi connectivity index (χ4n) is 0.873. The van der Waals surface area contributed by atoms with E-state index in [0.29, 0.717) is 12.9 Å². The van der Waals surface area contributed by atoms with Gasteiger partial charge in [0.05, 0.1) is 5.69 Å². The van der Waals surface area contributed by atoms with Gasteiger partial charge in [-0.3, -0.25) is 14.8 Å². The Bertz CT molecular complexity index is 238. The highest BCUT2D eigenvalue weighted by Crippen LogP contribution is 1.99. The fourth-order valence-corrected chi connectivity index (χ4v) is 0.873. The van der Waals surface area contributed by atoms with Gasteiger partial charge in [-0.25, -0.2) is 0 Å². The van der Waals surface area contributed by atoms with Gasteiger partial charge in [0.25, 0.3) is 6.47 Å². The molecule has 0 fully saturated rings. The van der Waals surface area contributed by atoms with E-state index in [0.717, 1.165) is 5.69 Å². The lowest BCUT2D eigenvalue weighted by molar-refractivity contribution is -0.132. The van der Waals surface area contributed by atoms with Crippen molar-refractivity contribution in [3.63, 3.8) is 0 Å². The van der Waals surface area contributed by atoms with E-state index in [-0.39, 0.29) is 6.10 Å². The maximum absolute atomic E-state index is 9.95. The predicted molar refractivity (Wildman–Crippen MR) is 42.3 cm³/mol. The summed E-state index contributed by atoms with van der Waals surface area (Å²) in [5.41, 5.74) is 0.826. The van der Waals surface area contributed by atoms with Crippen LogP contribution in [0.5, 0.6) is 0 Å².